The Morgan fingerprint density at radius 3 is 2.50 bits per heavy atom. The lowest BCUT2D eigenvalue weighted by Crippen LogP contribution is -2.20. The van der Waals surface area contributed by atoms with Crippen molar-refractivity contribution in [2.45, 2.75) is 32.8 Å². The molecule has 0 fully saturated rings. The maximum Gasteiger partial charge on any atom is 0.339 e. The molecule has 0 unspecified atom stereocenters. The Morgan fingerprint density at radius 2 is 1.89 bits per heavy atom. The van der Waals surface area contributed by atoms with Crippen LogP contribution in [0.1, 0.15) is 37.6 Å². The van der Waals surface area contributed by atoms with E-state index in [2.05, 4.69) is 0 Å². The van der Waals surface area contributed by atoms with Crippen LogP contribution in [-0.2, 0) is 4.74 Å². The van der Waals surface area contributed by atoms with E-state index in [1.807, 2.05) is 20.8 Å². The quantitative estimate of drug-likeness (QED) is 0.791. The topological polar surface area (TPSA) is 55.8 Å². The largest absolute Gasteiger partial charge is 0.493 e. The van der Waals surface area contributed by atoms with Crippen molar-refractivity contribution in [2.75, 3.05) is 13.2 Å². The van der Waals surface area contributed by atoms with Gasteiger partial charge in [0.25, 0.3) is 0 Å². The molecule has 0 saturated heterocycles. The number of hydrogen-bond acceptors (Lipinski definition) is 3. The maximum atomic E-state index is 10.9. The monoisotopic (exact) mass is 252 g/mol. The van der Waals surface area contributed by atoms with Crippen LogP contribution in [0.2, 0.25) is 0 Å². The Hall–Kier alpha value is -1.55. The lowest BCUT2D eigenvalue weighted by Gasteiger charge is -2.19. The molecule has 4 nitrogen and oxygen atoms in total. The third-order valence-corrected chi connectivity index (χ3v) is 2.20. The molecule has 0 aliphatic heterocycles. The second-order valence-corrected chi connectivity index (χ2v) is 4.96. The molecule has 18 heavy (non-hydrogen) atoms. The number of benzene rings is 1. The van der Waals surface area contributed by atoms with Crippen molar-refractivity contribution < 1.29 is 19.4 Å². The molecule has 0 heterocycles. The normalized spacial score (nSPS) is 11.3. The molecule has 0 saturated carbocycles. The second kappa shape index (κ2) is 6.40. The van der Waals surface area contributed by atoms with Gasteiger partial charge in [-0.15, -0.1) is 0 Å². The van der Waals surface area contributed by atoms with Crippen molar-refractivity contribution in [2.24, 2.45) is 0 Å². The fourth-order valence-electron chi connectivity index (χ4n) is 1.39. The number of hydrogen-bond donors (Lipinski definition) is 1. The summed E-state index contributed by atoms with van der Waals surface area (Å²) < 4.78 is 11.0. The molecule has 0 spiro atoms. The third kappa shape index (κ3) is 5.19. The first-order valence-corrected chi connectivity index (χ1v) is 5.99. The molecule has 0 aromatic heterocycles. The highest BCUT2D eigenvalue weighted by Gasteiger charge is 2.11. The molecular weight excluding hydrogens is 232 g/mol. The van der Waals surface area contributed by atoms with Gasteiger partial charge in [-0.05, 0) is 32.9 Å². The van der Waals surface area contributed by atoms with Crippen LogP contribution in [0.15, 0.2) is 24.3 Å². The highest BCUT2D eigenvalue weighted by Crippen LogP contribution is 2.18. The van der Waals surface area contributed by atoms with Crippen molar-refractivity contribution >= 4 is 5.97 Å². The SMILES string of the molecule is CC(C)(C)OCCCOc1ccccc1C(=O)O. The summed E-state index contributed by atoms with van der Waals surface area (Å²) in [6, 6.07) is 6.63. The minimum absolute atomic E-state index is 0.154. The highest BCUT2D eigenvalue weighted by molar-refractivity contribution is 5.90. The van der Waals surface area contributed by atoms with E-state index < -0.39 is 5.97 Å². The fourth-order valence-corrected chi connectivity index (χ4v) is 1.39. The van der Waals surface area contributed by atoms with Crippen molar-refractivity contribution in [3.05, 3.63) is 29.8 Å². The number of carboxylic acids is 1. The minimum Gasteiger partial charge on any atom is -0.493 e. The lowest BCUT2D eigenvalue weighted by molar-refractivity contribution is -0.00770. The zero-order valence-electron chi connectivity index (χ0n) is 11.1. The van der Waals surface area contributed by atoms with Crippen molar-refractivity contribution in [3.63, 3.8) is 0 Å². The zero-order chi connectivity index (χ0) is 13.6. The molecule has 0 aliphatic rings. The van der Waals surface area contributed by atoms with Gasteiger partial charge in [-0.3, -0.25) is 0 Å². The summed E-state index contributed by atoms with van der Waals surface area (Å²) in [4.78, 5) is 10.9. The van der Waals surface area contributed by atoms with Gasteiger partial charge >= 0.3 is 5.97 Å². The number of aromatic carboxylic acids is 1. The highest BCUT2D eigenvalue weighted by atomic mass is 16.5. The number of carbonyl (C=O) groups is 1. The van der Waals surface area contributed by atoms with Gasteiger partial charge in [0.2, 0.25) is 0 Å². The van der Waals surface area contributed by atoms with Crippen LogP contribution in [0.4, 0.5) is 0 Å². The van der Waals surface area contributed by atoms with Crippen molar-refractivity contribution in [3.8, 4) is 5.75 Å². The Kier molecular flexibility index (Phi) is 5.16. The lowest BCUT2D eigenvalue weighted by atomic mass is 10.2. The van der Waals surface area contributed by atoms with Crippen LogP contribution in [0.3, 0.4) is 0 Å². The van der Waals surface area contributed by atoms with E-state index in [9.17, 15) is 4.79 Å². The molecule has 0 radical (unpaired) electrons. The number of para-hydroxylation sites is 1. The second-order valence-electron chi connectivity index (χ2n) is 4.96. The Morgan fingerprint density at radius 1 is 1.22 bits per heavy atom. The summed E-state index contributed by atoms with van der Waals surface area (Å²) in [5, 5.41) is 8.97. The molecule has 1 rings (SSSR count). The summed E-state index contributed by atoms with van der Waals surface area (Å²) in [6.07, 6.45) is 0.727. The third-order valence-electron chi connectivity index (χ3n) is 2.20. The van der Waals surface area contributed by atoms with Crippen molar-refractivity contribution in [1.29, 1.82) is 0 Å². The standard InChI is InChI=1S/C14H20O4/c1-14(2,3)18-10-6-9-17-12-8-5-4-7-11(12)13(15)16/h4-5,7-8H,6,9-10H2,1-3H3,(H,15,16). The summed E-state index contributed by atoms with van der Waals surface area (Å²) in [7, 11) is 0. The molecule has 0 atom stereocenters. The molecule has 1 aromatic carbocycles. The molecule has 0 bridgehead atoms. The first-order chi connectivity index (χ1) is 8.40. The zero-order valence-corrected chi connectivity index (χ0v) is 11.1. The van der Waals surface area contributed by atoms with E-state index in [4.69, 9.17) is 14.6 Å². The molecule has 1 aromatic rings. The van der Waals surface area contributed by atoms with Gasteiger partial charge in [0.15, 0.2) is 0 Å². The smallest absolute Gasteiger partial charge is 0.339 e. The van der Waals surface area contributed by atoms with Gasteiger partial charge in [-0.2, -0.15) is 0 Å². The fraction of sp³-hybridized carbons (Fsp3) is 0.500. The first kappa shape index (κ1) is 14.5. The molecule has 0 amide bonds. The molecule has 100 valence electrons. The van der Waals surface area contributed by atoms with Crippen LogP contribution in [-0.4, -0.2) is 29.9 Å². The van der Waals surface area contributed by atoms with Crippen LogP contribution in [0.5, 0.6) is 5.75 Å². The Bertz CT molecular complexity index is 393. The van der Waals surface area contributed by atoms with Gasteiger partial charge in [0, 0.05) is 6.42 Å². The molecular formula is C14H20O4. The maximum absolute atomic E-state index is 10.9. The Labute approximate surface area is 108 Å². The Balaban J connectivity index is 2.38. The van der Waals surface area contributed by atoms with Crippen LogP contribution in [0, 0.1) is 0 Å². The summed E-state index contributed by atoms with van der Waals surface area (Å²) >= 11 is 0. The van der Waals surface area contributed by atoms with Crippen LogP contribution in [0.25, 0.3) is 0 Å². The van der Waals surface area contributed by atoms with E-state index in [1.54, 1.807) is 18.2 Å². The molecule has 4 heteroatoms. The van der Waals surface area contributed by atoms with Crippen LogP contribution >= 0.6 is 0 Å². The average molecular weight is 252 g/mol. The number of rotatable bonds is 6. The predicted molar refractivity (Wildman–Crippen MR) is 69.2 cm³/mol. The van der Waals surface area contributed by atoms with Gasteiger partial charge in [0.1, 0.15) is 11.3 Å². The van der Waals surface area contributed by atoms with Crippen molar-refractivity contribution in [1.82, 2.24) is 0 Å². The number of ether oxygens (including phenoxy) is 2. The van der Waals surface area contributed by atoms with E-state index >= 15 is 0 Å². The van der Waals surface area contributed by atoms with Gasteiger partial charge in [-0.1, -0.05) is 12.1 Å². The van der Waals surface area contributed by atoms with E-state index in [0.717, 1.165) is 6.42 Å². The van der Waals surface area contributed by atoms with Gasteiger partial charge in [0.05, 0.1) is 18.8 Å². The summed E-state index contributed by atoms with van der Waals surface area (Å²) in [6.45, 7) is 7.02. The number of carboxylic acid groups (broad SMARTS) is 1. The summed E-state index contributed by atoms with van der Waals surface area (Å²) in [5.41, 5.74) is 0.0353. The minimum atomic E-state index is -0.975. The average Bonchev–Trinajstić information content (AvgIpc) is 2.27. The van der Waals surface area contributed by atoms with E-state index in [-0.39, 0.29) is 11.2 Å². The van der Waals surface area contributed by atoms with E-state index in [1.165, 1.54) is 6.07 Å². The first-order valence-electron chi connectivity index (χ1n) is 5.99. The summed E-state index contributed by atoms with van der Waals surface area (Å²) in [5.74, 6) is -0.572. The van der Waals surface area contributed by atoms with Gasteiger partial charge < -0.3 is 14.6 Å². The van der Waals surface area contributed by atoms with E-state index in [0.29, 0.717) is 19.0 Å². The van der Waals surface area contributed by atoms with Crippen LogP contribution < -0.4 is 4.74 Å². The molecule has 1 N–H and O–H groups in total. The molecule has 0 aliphatic carbocycles. The predicted octanol–water partition coefficient (Wildman–Crippen LogP) is 2.97. The van der Waals surface area contributed by atoms with Gasteiger partial charge in [-0.25, -0.2) is 4.79 Å².